The van der Waals surface area contributed by atoms with E-state index in [1.165, 1.54) is 12.8 Å². The van der Waals surface area contributed by atoms with Crippen LogP contribution in [0.25, 0.3) is 0 Å². The predicted molar refractivity (Wildman–Crippen MR) is 57.8 cm³/mol. The van der Waals surface area contributed by atoms with Crippen molar-refractivity contribution in [2.24, 2.45) is 10.9 Å². The molecule has 0 amide bonds. The molecule has 13 heavy (non-hydrogen) atoms. The van der Waals surface area contributed by atoms with Crippen LogP contribution in [-0.2, 0) is 0 Å². The number of piperidine rings is 1. The molecule has 0 spiro atoms. The molecule has 0 atom stereocenters. The molecule has 0 unspecified atom stereocenters. The predicted octanol–water partition coefficient (Wildman–Crippen LogP) is 2.45. The van der Waals surface area contributed by atoms with Gasteiger partial charge in [0, 0.05) is 13.1 Å². The molecule has 0 aromatic rings. The van der Waals surface area contributed by atoms with Crippen LogP contribution in [0.15, 0.2) is 29.5 Å². The summed E-state index contributed by atoms with van der Waals surface area (Å²) in [7, 11) is 0. The Labute approximate surface area is 80.7 Å². The molecule has 72 valence electrons. The maximum Gasteiger partial charge on any atom is 0.127 e. The normalized spacial score (nSPS) is 20.1. The van der Waals surface area contributed by atoms with Gasteiger partial charge in [0.15, 0.2) is 0 Å². The Hall–Kier alpha value is -1.05. The lowest BCUT2D eigenvalue weighted by Gasteiger charge is -2.31. The van der Waals surface area contributed by atoms with Gasteiger partial charge in [-0.3, -0.25) is 0 Å². The van der Waals surface area contributed by atoms with E-state index in [9.17, 15) is 0 Å². The number of nitrogens with zero attached hydrogens (tertiary/aromatic N) is 2. The molecule has 0 aliphatic carbocycles. The largest absolute Gasteiger partial charge is 0.357 e. The first-order valence-corrected chi connectivity index (χ1v) is 4.82. The summed E-state index contributed by atoms with van der Waals surface area (Å²) in [4.78, 5) is 6.26. The third-order valence-corrected chi connectivity index (χ3v) is 2.54. The molecule has 1 aliphatic rings. The van der Waals surface area contributed by atoms with Gasteiger partial charge in [0.25, 0.3) is 0 Å². The molecule has 1 aliphatic heterocycles. The third kappa shape index (κ3) is 2.72. The minimum Gasteiger partial charge on any atom is -0.357 e. The number of likely N-dealkylation sites (tertiary alicyclic amines) is 1. The number of allylic oxidation sites excluding steroid dienone is 2. The van der Waals surface area contributed by atoms with Gasteiger partial charge in [-0.05, 0) is 31.6 Å². The van der Waals surface area contributed by atoms with Crippen LogP contribution in [0.4, 0.5) is 0 Å². The average Bonchev–Trinajstić information content (AvgIpc) is 2.16. The number of rotatable bonds is 3. The van der Waals surface area contributed by atoms with Crippen molar-refractivity contribution in [3.05, 3.63) is 24.6 Å². The summed E-state index contributed by atoms with van der Waals surface area (Å²) < 4.78 is 0. The average molecular weight is 178 g/mol. The van der Waals surface area contributed by atoms with E-state index < -0.39 is 0 Å². The van der Waals surface area contributed by atoms with E-state index in [0.717, 1.165) is 24.8 Å². The molecule has 0 aromatic heterocycles. The molecule has 1 rings (SSSR count). The highest BCUT2D eigenvalue weighted by Gasteiger charge is 2.16. The fourth-order valence-corrected chi connectivity index (χ4v) is 1.60. The fraction of sp³-hybridized carbons (Fsp3) is 0.545. The van der Waals surface area contributed by atoms with Crippen molar-refractivity contribution in [1.82, 2.24) is 4.90 Å². The van der Waals surface area contributed by atoms with E-state index in [1.807, 2.05) is 6.08 Å². The van der Waals surface area contributed by atoms with Crippen LogP contribution in [0, 0.1) is 5.92 Å². The van der Waals surface area contributed by atoms with Crippen molar-refractivity contribution in [3.63, 3.8) is 0 Å². The van der Waals surface area contributed by atoms with Crippen LogP contribution in [0.3, 0.4) is 0 Å². The molecule has 0 radical (unpaired) electrons. The lowest BCUT2D eigenvalue weighted by Crippen LogP contribution is -2.31. The second-order valence-corrected chi connectivity index (χ2v) is 3.59. The molecule has 0 saturated carbocycles. The topological polar surface area (TPSA) is 15.6 Å². The van der Waals surface area contributed by atoms with E-state index in [2.05, 4.69) is 30.1 Å². The second kappa shape index (κ2) is 4.85. The van der Waals surface area contributed by atoms with Crippen LogP contribution < -0.4 is 0 Å². The lowest BCUT2D eigenvalue weighted by atomic mass is 9.99. The smallest absolute Gasteiger partial charge is 0.127 e. The van der Waals surface area contributed by atoms with Crippen LogP contribution in [0.1, 0.15) is 19.8 Å². The fourth-order valence-electron chi connectivity index (χ4n) is 1.60. The van der Waals surface area contributed by atoms with E-state index in [-0.39, 0.29) is 0 Å². The Bertz CT molecular complexity index is 210. The Kier molecular flexibility index (Phi) is 3.74. The van der Waals surface area contributed by atoms with E-state index in [4.69, 9.17) is 0 Å². The summed E-state index contributed by atoms with van der Waals surface area (Å²) in [6.07, 6.45) is 6.19. The van der Waals surface area contributed by atoms with Crippen molar-refractivity contribution in [2.45, 2.75) is 19.8 Å². The third-order valence-electron chi connectivity index (χ3n) is 2.54. The number of aliphatic imine (C=N–C) groups is 1. The van der Waals surface area contributed by atoms with E-state index in [0.29, 0.717) is 0 Å². The van der Waals surface area contributed by atoms with Crippen molar-refractivity contribution < 1.29 is 0 Å². The molecule has 2 nitrogen and oxygen atoms in total. The van der Waals surface area contributed by atoms with Crippen molar-refractivity contribution in [2.75, 3.05) is 13.1 Å². The summed E-state index contributed by atoms with van der Waals surface area (Å²) in [5.74, 6) is 1.81. The molecule has 1 heterocycles. The monoisotopic (exact) mass is 178 g/mol. The van der Waals surface area contributed by atoms with Gasteiger partial charge in [-0.1, -0.05) is 19.6 Å². The zero-order valence-corrected chi connectivity index (χ0v) is 8.37. The highest BCUT2D eigenvalue weighted by atomic mass is 15.2. The highest BCUT2D eigenvalue weighted by molar-refractivity contribution is 5.29. The molecule has 1 saturated heterocycles. The highest BCUT2D eigenvalue weighted by Crippen LogP contribution is 2.19. The summed E-state index contributed by atoms with van der Waals surface area (Å²) in [6, 6.07) is 0. The first-order valence-electron chi connectivity index (χ1n) is 4.82. The molecule has 0 N–H and O–H groups in total. The van der Waals surface area contributed by atoms with Gasteiger partial charge >= 0.3 is 0 Å². The zero-order valence-electron chi connectivity index (χ0n) is 8.37. The number of hydrogen-bond acceptors (Lipinski definition) is 2. The first kappa shape index (κ1) is 10.0. The van der Waals surface area contributed by atoms with Gasteiger partial charge in [-0.25, -0.2) is 4.99 Å². The van der Waals surface area contributed by atoms with E-state index >= 15 is 0 Å². The Morgan fingerprint density at radius 1 is 1.46 bits per heavy atom. The lowest BCUT2D eigenvalue weighted by molar-refractivity contribution is 0.236. The zero-order chi connectivity index (χ0) is 9.68. The molecule has 0 aromatic carbocycles. The van der Waals surface area contributed by atoms with Crippen molar-refractivity contribution in [1.29, 1.82) is 0 Å². The minimum atomic E-state index is 0.853. The second-order valence-electron chi connectivity index (χ2n) is 3.59. The van der Waals surface area contributed by atoms with Crippen molar-refractivity contribution >= 4 is 6.72 Å². The number of hydrogen-bond donors (Lipinski definition) is 0. The SMILES string of the molecule is C=CC=C(N=C)N1CCC(C)CC1. The van der Waals surface area contributed by atoms with Crippen LogP contribution in [0.5, 0.6) is 0 Å². The van der Waals surface area contributed by atoms with Gasteiger partial charge in [0.2, 0.25) is 0 Å². The molecule has 1 fully saturated rings. The molecule has 2 heteroatoms. The van der Waals surface area contributed by atoms with Crippen LogP contribution in [0.2, 0.25) is 0 Å². The minimum absolute atomic E-state index is 0.853. The van der Waals surface area contributed by atoms with Crippen LogP contribution >= 0.6 is 0 Å². The summed E-state index contributed by atoms with van der Waals surface area (Å²) in [5, 5.41) is 0. The maximum atomic E-state index is 3.99. The summed E-state index contributed by atoms with van der Waals surface area (Å²) >= 11 is 0. The Morgan fingerprint density at radius 3 is 2.54 bits per heavy atom. The summed E-state index contributed by atoms with van der Waals surface area (Å²) in [6.45, 7) is 11.7. The molecular formula is C11H18N2. The Balaban J connectivity index is 2.56. The van der Waals surface area contributed by atoms with Gasteiger partial charge in [-0.2, -0.15) is 0 Å². The van der Waals surface area contributed by atoms with Gasteiger partial charge in [0.1, 0.15) is 5.82 Å². The summed E-state index contributed by atoms with van der Waals surface area (Å²) in [5.41, 5.74) is 0. The van der Waals surface area contributed by atoms with Crippen LogP contribution in [-0.4, -0.2) is 24.7 Å². The quantitative estimate of drug-likeness (QED) is 0.479. The van der Waals surface area contributed by atoms with Gasteiger partial charge in [-0.15, -0.1) is 0 Å². The molecular weight excluding hydrogens is 160 g/mol. The van der Waals surface area contributed by atoms with E-state index in [1.54, 1.807) is 6.08 Å². The molecule has 0 bridgehead atoms. The van der Waals surface area contributed by atoms with Crippen molar-refractivity contribution in [3.8, 4) is 0 Å². The Morgan fingerprint density at radius 2 is 2.08 bits per heavy atom. The standard InChI is InChI=1S/C11H18N2/c1-4-5-11(12-3)13-8-6-10(2)7-9-13/h4-5,10H,1,3,6-9H2,2H3. The maximum absolute atomic E-state index is 3.99. The first-order chi connectivity index (χ1) is 6.27. The van der Waals surface area contributed by atoms with Gasteiger partial charge < -0.3 is 4.90 Å². The van der Waals surface area contributed by atoms with Gasteiger partial charge in [0.05, 0.1) is 0 Å².